The number of fused-ring (bicyclic) bond motifs is 3. The molecular weight excluding hydrogens is 578 g/mol. The number of aliphatic hydroxyl groups is 1. The molecule has 0 aromatic carbocycles. The lowest BCUT2D eigenvalue weighted by Gasteiger charge is -2.29. The van der Waals surface area contributed by atoms with E-state index in [1.165, 1.54) is 28.8 Å². The van der Waals surface area contributed by atoms with Gasteiger partial charge in [0.05, 0.1) is 18.9 Å². The summed E-state index contributed by atoms with van der Waals surface area (Å²) in [5.74, 6) is -2.91. The fourth-order valence-electron chi connectivity index (χ4n) is 4.88. The third-order valence-electron chi connectivity index (χ3n) is 7.09. The zero-order chi connectivity index (χ0) is 31.5. The number of hydrogen-bond donors (Lipinski definition) is 3. The van der Waals surface area contributed by atoms with Gasteiger partial charge in [-0.25, -0.2) is 9.78 Å². The number of carbonyl (C=O) groups is 5. The number of aliphatic hydroxyl groups excluding tert-OH is 1. The molecule has 43 heavy (non-hydrogen) atoms. The summed E-state index contributed by atoms with van der Waals surface area (Å²) < 4.78 is 11.3. The third-order valence-corrected chi connectivity index (χ3v) is 8.45. The number of oxazole rings is 1. The number of ether oxygens (including phenoxy) is 1. The van der Waals surface area contributed by atoms with Crippen molar-refractivity contribution in [1.82, 2.24) is 15.2 Å². The SMILES string of the molecule is CC[C@H]1OC(=O)C2C(SCCC(=O)O)CCN2C(=O)c2coc(n2)CC(=O)C[C@H](O)C=C(C)C=CCNC(=O)C=C[C@H]1C. The van der Waals surface area contributed by atoms with Crippen molar-refractivity contribution in [3.05, 3.63) is 53.8 Å². The average Bonchev–Trinajstić information content (AvgIpc) is 3.58. The molecule has 3 N–H and O–H groups in total. The number of nitrogens with zero attached hydrogens (tertiary/aromatic N) is 2. The largest absolute Gasteiger partial charge is 0.481 e. The fourth-order valence-corrected chi connectivity index (χ4v) is 6.19. The highest BCUT2D eigenvalue weighted by Crippen LogP contribution is 2.32. The maximum atomic E-state index is 13.6. The summed E-state index contributed by atoms with van der Waals surface area (Å²) in [6.07, 6.45) is 7.86. The maximum Gasteiger partial charge on any atom is 0.330 e. The van der Waals surface area contributed by atoms with E-state index in [-0.39, 0.29) is 67.3 Å². The molecule has 1 fully saturated rings. The van der Waals surface area contributed by atoms with Crippen LogP contribution in [0.3, 0.4) is 0 Å². The van der Waals surface area contributed by atoms with E-state index in [9.17, 15) is 29.1 Å². The van der Waals surface area contributed by atoms with E-state index in [0.717, 1.165) is 6.26 Å². The number of aromatic nitrogens is 1. The molecule has 1 saturated heterocycles. The van der Waals surface area contributed by atoms with E-state index < -0.39 is 41.3 Å². The predicted molar refractivity (Wildman–Crippen MR) is 158 cm³/mol. The highest BCUT2D eigenvalue weighted by atomic mass is 32.2. The van der Waals surface area contributed by atoms with Gasteiger partial charge in [0.2, 0.25) is 11.8 Å². The van der Waals surface area contributed by atoms with Crippen molar-refractivity contribution < 1.29 is 43.3 Å². The molecule has 13 heteroatoms. The lowest BCUT2D eigenvalue weighted by atomic mass is 10.0. The van der Waals surface area contributed by atoms with Crippen LogP contribution in [0.4, 0.5) is 0 Å². The molecule has 0 spiro atoms. The van der Waals surface area contributed by atoms with Crippen molar-refractivity contribution in [1.29, 1.82) is 0 Å². The number of aliphatic carboxylic acids is 1. The monoisotopic (exact) mass is 617 g/mol. The minimum atomic E-state index is -1.05. The number of carboxylic acids is 1. The number of esters is 1. The van der Waals surface area contributed by atoms with Crippen molar-refractivity contribution in [2.45, 2.75) is 76.4 Å². The van der Waals surface area contributed by atoms with Crippen molar-refractivity contribution in [3.63, 3.8) is 0 Å². The van der Waals surface area contributed by atoms with Crippen LogP contribution in [0.1, 0.15) is 62.8 Å². The standard InChI is InChI=1S/C30H39N3O9S/c1-4-23-19(3)7-8-25(36)31-11-5-6-18(2)14-20(34)15-21(35)16-26-32-22(17-41-26)29(39)33-12-9-24(28(33)30(40)42-23)43-13-10-27(37)38/h5-8,14,17,19-20,23-24,28,34H,4,9-13,15-16H2,1-3H3,(H,31,36)(H,37,38)/t19-,20-,23-,24?,28?/m1/s1. The van der Waals surface area contributed by atoms with E-state index in [1.54, 1.807) is 25.2 Å². The van der Waals surface area contributed by atoms with E-state index in [2.05, 4.69) is 10.3 Å². The molecule has 0 aliphatic carbocycles. The van der Waals surface area contributed by atoms with Crippen LogP contribution in [-0.2, 0) is 30.3 Å². The molecule has 234 valence electrons. The number of amides is 2. The molecule has 2 aliphatic rings. The van der Waals surface area contributed by atoms with Crippen LogP contribution in [0.5, 0.6) is 0 Å². The number of nitrogens with one attached hydrogen (secondary N) is 1. The number of rotatable bonds is 5. The number of thioether (sulfide) groups is 1. The lowest BCUT2D eigenvalue weighted by molar-refractivity contribution is -0.155. The Balaban J connectivity index is 1.90. The number of Topliss-reactive ketones (excluding diaryl/α,β-unsaturated/α-hetero) is 1. The normalized spacial score (nSPS) is 26.5. The fraction of sp³-hybridized carbons (Fsp3) is 0.533. The summed E-state index contributed by atoms with van der Waals surface area (Å²) in [6, 6.07) is -1.000. The number of carbonyl (C=O) groups excluding carboxylic acids is 4. The maximum absolute atomic E-state index is 13.6. The predicted octanol–water partition coefficient (Wildman–Crippen LogP) is 2.47. The van der Waals surface area contributed by atoms with Gasteiger partial charge in [-0.15, -0.1) is 0 Å². The summed E-state index contributed by atoms with van der Waals surface area (Å²) >= 11 is 1.29. The number of carboxylic acid groups (broad SMARTS) is 1. The van der Waals surface area contributed by atoms with Crippen LogP contribution >= 0.6 is 11.8 Å². The quantitative estimate of drug-likeness (QED) is 0.414. The first kappa shape index (κ1) is 33.8. The van der Waals surface area contributed by atoms with Gasteiger partial charge >= 0.3 is 11.9 Å². The van der Waals surface area contributed by atoms with Crippen LogP contribution in [-0.4, -0.2) is 92.0 Å². The first-order valence-corrected chi connectivity index (χ1v) is 15.3. The van der Waals surface area contributed by atoms with Gasteiger partial charge in [0.1, 0.15) is 24.2 Å². The Morgan fingerprint density at radius 2 is 2.00 bits per heavy atom. The van der Waals surface area contributed by atoms with Gasteiger partial charge in [0, 0.05) is 36.4 Å². The van der Waals surface area contributed by atoms with Crippen molar-refractivity contribution in [2.24, 2.45) is 5.92 Å². The van der Waals surface area contributed by atoms with Gasteiger partial charge in [-0.05, 0) is 25.8 Å². The third kappa shape index (κ3) is 10.2. The summed E-state index contributed by atoms with van der Waals surface area (Å²) in [6.45, 7) is 5.88. The second-order valence-corrected chi connectivity index (χ2v) is 11.9. The molecule has 0 radical (unpaired) electrons. The summed E-state index contributed by atoms with van der Waals surface area (Å²) in [4.78, 5) is 68.6. The van der Waals surface area contributed by atoms with Gasteiger partial charge in [-0.3, -0.25) is 19.2 Å². The van der Waals surface area contributed by atoms with Crippen LogP contribution in [0.25, 0.3) is 0 Å². The zero-order valence-corrected chi connectivity index (χ0v) is 25.4. The summed E-state index contributed by atoms with van der Waals surface area (Å²) in [5.41, 5.74) is 0.624. The highest BCUT2D eigenvalue weighted by Gasteiger charge is 2.45. The Labute approximate surface area is 254 Å². The molecule has 3 heterocycles. The molecule has 2 unspecified atom stereocenters. The topological polar surface area (TPSA) is 176 Å². The Bertz CT molecular complexity index is 1270. The molecule has 0 saturated carbocycles. The summed E-state index contributed by atoms with van der Waals surface area (Å²) in [5, 5.41) is 21.7. The van der Waals surface area contributed by atoms with Crippen molar-refractivity contribution in [2.75, 3.05) is 18.8 Å². The Hall–Kier alpha value is -3.71. The van der Waals surface area contributed by atoms with E-state index in [4.69, 9.17) is 14.3 Å². The average molecular weight is 618 g/mol. The molecule has 2 aliphatic heterocycles. The van der Waals surface area contributed by atoms with E-state index >= 15 is 0 Å². The van der Waals surface area contributed by atoms with Crippen molar-refractivity contribution >= 4 is 41.3 Å². The lowest BCUT2D eigenvalue weighted by Crippen LogP contribution is -2.46. The summed E-state index contributed by atoms with van der Waals surface area (Å²) in [7, 11) is 0. The van der Waals surface area contributed by atoms with Gasteiger partial charge in [0.15, 0.2) is 5.69 Å². The first-order chi connectivity index (χ1) is 20.5. The van der Waals surface area contributed by atoms with E-state index in [0.29, 0.717) is 18.4 Å². The van der Waals surface area contributed by atoms with Crippen LogP contribution in [0.2, 0.25) is 0 Å². The van der Waals surface area contributed by atoms with Crippen LogP contribution < -0.4 is 5.32 Å². The Kier molecular flexibility index (Phi) is 12.7. The van der Waals surface area contributed by atoms with Gasteiger partial charge < -0.3 is 29.6 Å². The molecule has 2 bridgehead atoms. The molecular formula is C30H39N3O9S. The zero-order valence-electron chi connectivity index (χ0n) is 24.6. The minimum Gasteiger partial charge on any atom is -0.481 e. The number of allylic oxidation sites excluding steroid dienone is 2. The Morgan fingerprint density at radius 3 is 2.72 bits per heavy atom. The highest BCUT2D eigenvalue weighted by molar-refractivity contribution is 8.00. The molecule has 3 rings (SSSR count). The molecule has 1 aromatic rings. The van der Waals surface area contributed by atoms with Crippen LogP contribution in [0, 0.1) is 5.92 Å². The molecule has 1 aromatic heterocycles. The van der Waals surface area contributed by atoms with Gasteiger partial charge in [-0.1, -0.05) is 43.7 Å². The molecule has 5 atom stereocenters. The number of hydrogen-bond acceptors (Lipinski definition) is 10. The van der Waals surface area contributed by atoms with Gasteiger partial charge in [-0.2, -0.15) is 11.8 Å². The molecule has 12 nitrogen and oxygen atoms in total. The second-order valence-electron chi connectivity index (χ2n) is 10.6. The number of cyclic esters (lactones) is 1. The van der Waals surface area contributed by atoms with Crippen LogP contribution in [0.15, 0.2) is 46.6 Å². The molecule has 2 amide bonds. The van der Waals surface area contributed by atoms with Crippen molar-refractivity contribution in [3.8, 4) is 0 Å². The van der Waals surface area contributed by atoms with Gasteiger partial charge in [0.25, 0.3) is 5.91 Å². The smallest absolute Gasteiger partial charge is 0.330 e. The number of ketones is 1. The Morgan fingerprint density at radius 1 is 1.23 bits per heavy atom. The second kappa shape index (κ2) is 16.2. The minimum absolute atomic E-state index is 0.00708. The van der Waals surface area contributed by atoms with E-state index in [1.807, 2.05) is 13.8 Å². The first-order valence-electron chi connectivity index (χ1n) is 14.3.